The maximum atomic E-state index is 13.2. The van der Waals surface area contributed by atoms with E-state index in [4.69, 9.17) is 0 Å². The van der Waals surface area contributed by atoms with E-state index in [-0.39, 0.29) is 16.7 Å². The number of halogens is 3. The van der Waals surface area contributed by atoms with E-state index in [1.165, 1.54) is 0 Å². The fraction of sp³-hybridized carbons (Fsp3) is 0.571. The summed E-state index contributed by atoms with van der Waals surface area (Å²) in [5, 5.41) is 0. The third-order valence-electron chi connectivity index (χ3n) is 7.15. The molecular formula is C21H25F3N2O. The topological polar surface area (TPSA) is 26.9 Å². The minimum absolute atomic E-state index is 0.0439. The number of rotatable bonds is 4. The first-order chi connectivity index (χ1) is 12.6. The number of alkyl halides is 3. The minimum Gasteiger partial charge on any atom is -0.285 e. The molecule has 3 nitrogen and oxygen atoms in total. The van der Waals surface area contributed by atoms with Crippen LogP contribution >= 0.6 is 0 Å². The molecule has 1 aromatic carbocycles. The first-order valence-corrected chi connectivity index (χ1v) is 9.51. The average Bonchev–Trinajstić information content (AvgIpc) is 3.05. The highest BCUT2D eigenvalue weighted by atomic mass is 19.4. The third-order valence-corrected chi connectivity index (χ3v) is 7.15. The van der Waals surface area contributed by atoms with Crippen LogP contribution in [0.25, 0.3) is 0 Å². The van der Waals surface area contributed by atoms with E-state index in [1.54, 1.807) is 4.68 Å². The molecule has 0 N–H and O–H groups in total. The molecule has 146 valence electrons. The highest BCUT2D eigenvalue weighted by Crippen LogP contribution is 2.67. The fourth-order valence-electron chi connectivity index (χ4n) is 5.37. The van der Waals surface area contributed by atoms with Crippen molar-refractivity contribution < 1.29 is 13.2 Å². The predicted octanol–water partition coefficient (Wildman–Crippen LogP) is 4.63. The zero-order valence-electron chi connectivity index (χ0n) is 15.9. The molecule has 2 aromatic rings. The van der Waals surface area contributed by atoms with Gasteiger partial charge in [0.15, 0.2) is 0 Å². The average molecular weight is 378 g/mol. The van der Waals surface area contributed by atoms with E-state index in [2.05, 4.69) is 20.8 Å². The van der Waals surface area contributed by atoms with Crippen molar-refractivity contribution in [1.82, 2.24) is 9.36 Å². The van der Waals surface area contributed by atoms with Crippen LogP contribution in [0.15, 0.2) is 35.1 Å². The van der Waals surface area contributed by atoms with Gasteiger partial charge in [-0.15, -0.1) is 0 Å². The van der Waals surface area contributed by atoms with Crippen LogP contribution in [0.1, 0.15) is 56.4 Å². The first kappa shape index (κ1) is 18.4. The Morgan fingerprint density at radius 3 is 2.41 bits per heavy atom. The molecule has 0 unspecified atom stereocenters. The van der Waals surface area contributed by atoms with Gasteiger partial charge in [0, 0.05) is 17.5 Å². The van der Waals surface area contributed by atoms with Crippen molar-refractivity contribution in [3.8, 4) is 0 Å². The summed E-state index contributed by atoms with van der Waals surface area (Å²) in [6, 6.07) is 9.69. The highest BCUT2D eigenvalue weighted by molar-refractivity contribution is 5.45. The van der Waals surface area contributed by atoms with Crippen LogP contribution in [0, 0.1) is 5.41 Å². The molecule has 27 heavy (non-hydrogen) atoms. The molecule has 1 aromatic heterocycles. The van der Waals surface area contributed by atoms with Gasteiger partial charge in [0.2, 0.25) is 0 Å². The fourth-order valence-corrected chi connectivity index (χ4v) is 5.37. The van der Waals surface area contributed by atoms with Crippen LogP contribution in [0.2, 0.25) is 0 Å². The lowest BCUT2D eigenvalue weighted by Crippen LogP contribution is -2.38. The Labute approximate surface area is 156 Å². The summed E-state index contributed by atoms with van der Waals surface area (Å²) in [7, 11) is 0. The Morgan fingerprint density at radius 1 is 1.11 bits per heavy atom. The van der Waals surface area contributed by atoms with E-state index in [0.717, 1.165) is 28.8 Å². The maximum absolute atomic E-state index is 13.2. The molecule has 2 atom stereocenters. The number of benzene rings is 1. The van der Waals surface area contributed by atoms with E-state index >= 15 is 0 Å². The molecule has 0 amide bonds. The Kier molecular flexibility index (Phi) is 3.92. The van der Waals surface area contributed by atoms with Crippen LogP contribution < -0.4 is 5.56 Å². The van der Waals surface area contributed by atoms with Gasteiger partial charge in [-0.1, -0.05) is 51.1 Å². The van der Waals surface area contributed by atoms with E-state index in [1.807, 2.05) is 30.3 Å². The van der Waals surface area contributed by atoms with Crippen molar-refractivity contribution in [2.24, 2.45) is 5.41 Å². The molecule has 0 radical (unpaired) electrons. The van der Waals surface area contributed by atoms with Crippen molar-refractivity contribution in [2.45, 2.75) is 70.6 Å². The molecular weight excluding hydrogens is 353 g/mol. The minimum atomic E-state index is -4.42. The Bertz CT molecular complexity index is 923. The summed E-state index contributed by atoms with van der Waals surface area (Å²) in [5.41, 5.74) is 1.71. The number of hydrogen-bond donors (Lipinski definition) is 0. The summed E-state index contributed by atoms with van der Waals surface area (Å²) < 4.78 is 42.2. The van der Waals surface area contributed by atoms with Crippen LogP contribution in [0.5, 0.6) is 0 Å². The van der Waals surface area contributed by atoms with Gasteiger partial charge in [-0.2, -0.15) is 13.2 Å². The molecule has 2 aliphatic carbocycles. The van der Waals surface area contributed by atoms with Crippen LogP contribution in [0.4, 0.5) is 13.2 Å². The predicted molar refractivity (Wildman–Crippen MR) is 98.0 cm³/mol. The molecule has 4 rings (SSSR count). The van der Waals surface area contributed by atoms with Gasteiger partial charge in [0.25, 0.3) is 5.56 Å². The quantitative estimate of drug-likeness (QED) is 0.762. The molecule has 0 saturated heterocycles. The summed E-state index contributed by atoms with van der Waals surface area (Å²) in [5.74, 6) is 0.0439. The standard InChI is InChI=1S/C21H25F3N2O/c1-19(2)15-9-11-20(19,3)17-16(15)18(27)26(13-21(22,23)24)25(17)12-10-14-7-5-4-6-8-14/h4-8,15H,9-13H2,1-3H3/t15-,20+/m1/s1. The zero-order chi connectivity index (χ0) is 19.6. The number of hydrogen-bond acceptors (Lipinski definition) is 1. The normalized spacial score (nSPS) is 25.8. The lowest BCUT2D eigenvalue weighted by atomic mass is 9.70. The lowest BCUT2D eigenvalue weighted by molar-refractivity contribution is -0.145. The van der Waals surface area contributed by atoms with Gasteiger partial charge in [0.1, 0.15) is 6.54 Å². The molecule has 1 saturated carbocycles. The second kappa shape index (κ2) is 5.76. The van der Waals surface area contributed by atoms with Gasteiger partial charge in [0.05, 0.1) is 5.69 Å². The van der Waals surface area contributed by atoms with E-state index in [0.29, 0.717) is 18.5 Å². The maximum Gasteiger partial charge on any atom is 0.408 e. The summed E-state index contributed by atoms with van der Waals surface area (Å²) >= 11 is 0. The van der Waals surface area contributed by atoms with Crippen LogP contribution in [-0.4, -0.2) is 15.5 Å². The Hall–Kier alpha value is -1.98. The van der Waals surface area contributed by atoms with E-state index in [9.17, 15) is 18.0 Å². The number of aromatic nitrogens is 2. The second-order valence-electron chi connectivity index (χ2n) is 8.74. The molecule has 2 bridgehead atoms. The Morgan fingerprint density at radius 2 is 1.78 bits per heavy atom. The zero-order valence-corrected chi connectivity index (χ0v) is 15.9. The molecule has 0 spiro atoms. The van der Waals surface area contributed by atoms with Gasteiger partial charge in [-0.25, -0.2) is 4.68 Å². The smallest absolute Gasteiger partial charge is 0.285 e. The van der Waals surface area contributed by atoms with Gasteiger partial charge in [-0.3, -0.25) is 9.48 Å². The lowest BCUT2D eigenvalue weighted by Gasteiger charge is -2.36. The summed E-state index contributed by atoms with van der Waals surface area (Å²) in [4.78, 5) is 13.0. The molecule has 1 fully saturated rings. The molecule has 0 aliphatic heterocycles. The third kappa shape index (κ3) is 2.59. The summed E-state index contributed by atoms with van der Waals surface area (Å²) in [6.07, 6.45) is -2.03. The first-order valence-electron chi connectivity index (χ1n) is 9.51. The SMILES string of the molecule is CC1(C)[C@@H]2CC[C@@]1(C)c1c2c(=O)n(CC(F)(F)F)n1CCc1ccccc1. The van der Waals surface area contributed by atoms with Crippen molar-refractivity contribution >= 4 is 0 Å². The largest absolute Gasteiger partial charge is 0.408 e. The number of fused-ring (bicyclic) bond motifs is 5. The number of nitrogens with zero attached hydrogens (tertiary/aromatic N) is 2. The summed E-state index contributed by atoms with van der Waals surface area (Å²) in [6.45, 7) is 5.58. The number of aryl methyl sites for hydroxylation is 1. The second-order valence-corrected chi connectivity index (χ2v) is 8.74. The van der Waals surface area contributed by atoms with Crippen molar-refractivity contribution in [3.05, 3.63) is 57.5 Å². The van der Waals surface area contributed by atoms with Crippen LogP contribution in [0.3, 0.4) is 0 Å². The molecule has 2 aliphatic rings. The van der Waals surface area contributed by atoms with Crippen molar-refractivity contribution in [2.75, 3.05) is 0 Å². The van der Waals surface area contributed by atoms with Crippen molar-refractivity contribution in [3.63, 3.8) is 0 Å². The monoisotopic (exact) mass is 378 g/mol. The molecule has 6 heteroatoms. The van der Waals surface area contributed by atoms with E-state index < -0.39 is 18.3 Å². The Balaban J connectivity index is 1.83. The van der Waals surface area contributed by atoms with Crippen LogP contribution in [-0.2, 0) is 24.9 Å². The van der Waals surface area contributed by atoms with Crippen molar-refractivity contribution in [1.29, 1.82) is 0 Å². The van der Waals surface area contributed by atoms with Gasteiger partial charge < -0.3 is 0 Å². The molecule has 1 heterocycles. The van der Waals surface area contributed by atoms with Gasteiger partial charge >= 0.3 is 6.18 Å². The highest BCUT2D eigenvalue weighted by Gasteiger charge is 2.62. The van der Waals surface area contributed by atoms with Gasteiger partial charge in [-0.05, 0) is 36.2 Å².